The third kappa shape index (κ3) is 1.59. The standard InChI is InChI=1S/C11H14FN/c1-13-11-7-9(12)6-8-4-2-3-5-10(8)11/h2-5,9,11,13H,6-7H2,1H3. The van der Waals surface area contributed by atoms with Crippen LogP contribution in [0.25, 0.3) is 0 Å². The van der Waals surface area contributed by atoms with Crippen molar-refractivity contribution in [2.75, 3.05) is 7.05 Å². The van der Waals surface area contributed by atoms with Gasteiger partial charge in [0.1, 0.15) is 6.17 Å². The second-order valence-corrected chi connectivity index (χ2v) is 3.58. The second kappa shape index (κ2) is 3.46. The first kappa shape index (κ1) is 8.70. The molecule has 1 nitrogen and oxygen atoms in total. The number of alkyl halides is 1. The van der Waals surface area contributed by atoms with E-state index in [0.29, 0.717) is 12.8 Å². The van der Waals surface area contributed by atoms with Gasteiger partial charge in [0.2, 0.25) is 0 Å². The predicted molar refractivity (Wildman–Crippen MR) is 51.5 cm³/mol. The Bertz CT molecular complexity index is 298. The fraction of sp³-hybridized carbons (Fsp3) is 0.455. The van der Waals surface area contributed by atoms with Crippen molar-refractivity contribution in [3.63, 3.8) is 0 Å². The van der Waals surface area contributed by atoms with E-state index in [9.17, 15) is 4.39 Å². The molecule has 1 N–H and O–H groups in total. The Morgan fingerprint density at radius 3 is 2.92 bits per heavy atom. The molecule has 0 spiro atoms. The second-order valence-electron chi connectivity index (χ2n) is 3.58. The molecule has 0 aromatic heterocycles. The molecule has 2 atom stereocenters. The number of fused-ring (bicyclic) bond motifs is 1. The van der Waals surface area contributed by atoms with E-state index in [4.69, 9.17) is 0 Å². The monoisotopic (exact) mass is 179 g/mol. The van der Waals surface area contributed by atoms with Gasteiger partial charge >= 0.3 is 0 Å². The molecule has 13 heavy (non-hydrogen) atoms. The third-order valence-corrected chi connectivity index (χ3v) is 2.71. The van der Waals surface area contributed by atoms with Crippen LogP contribution in [-0.4, -0.2) is 13.2 Å². The lowest BCUT2D eigenvalue weighted by Gasteiger charge is -2.27. The summed E-state index contributed by atoms with van der Waals surface area (Å²) in [5.74, 6) is 0. The third-order valence-electron chi connectivity index (χ3n) is 2.71. The Hall–Kier alpha value is -0.890. The molecule has 1 aromatic carbocycles. The number of hydrogen-bond acceptors (Lipinski definition) is 1. The minimum absolute atomic E-state index is 0.194. The fourth-order valence-electron chi connectivity index (χ4n) is 2.04. The molecule has 0 fully saturated rings. The zero-order valence-electron chi connectivity index (χ0n) is 7.76. The molecule has 1 aliphatic rings. The van der Waals surface area contributed by atoms with Gasteiger partial charge in [0, 0.05) is 12.5 Å². The van der Waals surface area contributed by atoms with Crippen LogP contribution in [0, 0.1) is 0 Å². The molecule has 0 heterocycles. The lowest BCUT2D eigenvalue weighted by molar-refractivity contribution is 0.266. The van der Waals surface area contributed by atoms with E-state index in [1.165, 1.54) is 5.56 Å². The van der Waals surface area contributed by atoms with Crippen LogP contribution in [0.5, 0.6) is 0 Å². The van der Waals surface area contributed by atoms with Crippen LogP contribution in [0.1, 0.15) is 23.6 Å². The molecule has 2 unspecified atom stereocenters. The van der Waals surface area contributed by atoms with Crippen molar-refractivity contribution in [3.05, 3.63) is 35.4 Å². The zero-order chi connectivity index (χ0) is 9.26. The van der Waals surface area contributed by atoms with Gasteiger partial charge in [-0.3, -0.25) is 0 Å². The van der Waals surface area contributed by atoms with Gasteiger partial charge in [-0.05, 0) is 24.6 Å². The summed E-state index contributed by atoms with van der Waals surface area (Å²) >= 11 is 0. The van der Waals surface area contributed by atoms with Gasteiger partial charge in [-0.15, -0.1) is 0 Å². The first-order chi connectivity index (χ1) is 6.31. The number of hydrogen-bond donors (Lipinski definition) is 1. The molecule has 0 saturated carbocycles. The van der Waals surface area contributed by atoms with Crippen LogP contribution < -0.4 is 5.32 Å². The van der Waals surface area contributed by atoms with Crippen LogP contribution >= 0.6 is 0 Å². The summed E-state index contributed by atoms with van der Waals surface area (Å²) in [5.41, 5.74) is 2.42. The molecule has 2 heteroatoms. The van der Waals surface area contributed by atoms with E-state index >= 15 is 0 Å². The normalized spacial score (nSPS) is 26.9. The van der Waals surface area contributed by atoms with E-state index in [2.05, 4.69) is 11.4 Å². The minimum Gasteiger partial charge on any atom is -0.313 e. The SMILES string of the molecule is CNC1CC(F)Cc2ccccc21. The molecule has 1 aromatic rings. The van der Waals surface area contributed by atoms with Gasteiger partial charge in [-0.25, -0.2) is 4.39 Å². The molecule has 2 rings (SSSR count). The summed E-state index contributed by atoms with van der Waals surface area (Å²) in [7, 11) is 1.89. The molecule has 0 amide bonds. The van der Waals surface area contributed by atoms with Crippen molar-refractivity contribution < 1.29 is 4.39 Å². The number of rotatable bonds is 1. The Kier molecular flexibility index (Phi) is 2.32. The van der Waals surface area contributed by atoms with Crippen LogP contribution in [-0.2, 0) is 6.42 Å². The van der Waals surface area contributed by atoms with Crippen LogP contribution in [0.15, 0.2) is 24.3 Å². The zero-order valence-corrected chi connectivity index (χ0v) is 7.76. The van der Waals surface area contributed by atoms with Crippen LogP contribution in [0.4, 0.5) is 4.39 Å². The molecule has 0 radical (unpaired) electrons. The molecule has 1 aliphatic carbocycles. The molecule has 0 saturated heterocycles. The predicted octanol–water partition coefficient (Wildman–Crippen LogP) is 2.23. The van der Waals surface area contributed by atoms with Gasteiger partial charge in [0.15, 0.2) is 0 Å². The highest BCUT2D eigenvalue weighted by Gasteiger charge is 2.24. The van der Waals surface area contributed by atoms with E-state index in [1.807, 2.05) is 25.2 Å². The van der Waals surface area contributed by atoms with Crippen molar-refractivity contribution >= 4 is 0 Å². The highest BCUT2D eigenvalue weighted by molar-refractivity contribution is 5.33. The summed E-state index contributed by atoms with van der Waals surface area (Å²) in [6, 6.07) is 8.29. The Balaban J connectivity index is 2.37. The minimum atomic E-state index is -0.688. The fourth-order valence-corrected chi connectivity index (χ4v) is 2.04. The first-order valence-corrected chi connectivity index (χ1v) is 4.70. The van der Waals surface area contributed by atoms with Crippen molar-refractivity contribution in [3.8, 4) is 0 Å². The van der Waals surface area contributed by atoms with E-state index in [0.717, 1.165) is 5.56 Å². The van der Waals surface area contributed by atoms with Crippen molar-refractivity contribution in [1.82, 2.24) is 5.32 Å². The molecular formula is C11H14FN. The van der Waals surface area contributed by atoms with Crippen molar-refractivity contribution in [2.24, 2.45) is 0 Å². The largest absolute Gasteiger partial charge is 0.313 e. The molecular weight excluding hydrogens is 165 g/mol. The van der Waals surface area contributed by atoms with E-state index in [-0.39, 0.29) is 6.04 Å². The highest BCUT2D eigenvalue weighted by Crippen LogP contribution is 2.30. The highest BCUT2D eigenvalue weighted by atomic mass is 19.1. The van der Waals surface area contributed by atoms with Gasteiger partial charge < -0.3 is 5.32 Å². The van der Waals surface area contributed by atoms with Crippen LogP contribution in [0.2, 0.25) is 0 Å². The average Bonchev–Trinajstić information content (AvgIpc) is 2.16. The van der Waals surface area contributed by atoms with Crippen molar-refractivity contribution in [1.29, 1.82) is 0 Å². The Morgan fingerprint density at radius 1 is 1.38 bits per heavy atom. The summed E-state index contributed by atoms with van der Waals surface area (Å²) in [5, 5.41) is 3.15. The Labute approximate surface area is 78.0 Å². The lowest BCUT2D eigenvalue weighted by atomic mass is 9.87. The maximum Gasteiger partial charge on any atom is 0.106 e. The summed E-state index contributed by atoms with van der Waals surface area (Å²) in [6.07, 6.45) is 0.495. The van der Waals surface area contributed by atoms with Crippen molar-refractivity contribution in [2.45, 2.75) is 25.1 Å². The van der Waals surface area contributed by atoms with Gasteiger partial charge in [-0.2, -0.15) is 0 Å². The number of halogens is 1. The Morgan fingerprint density at radius 2 is 2.15 bits per heavy atom. The van der Waals surface area contributed by atoms with E-state index < -0.39 is 6.17 Å². The van der Waals surface area contributed by atoms with Crippen LogP contribution in [0.3, 0.4) is 0 Å². The summed E-state index contributed by atoms with van der Waals surface area (Å²) in [6.45, 7) is 0. The lowest BCUT2D eigenvalue weighted by Crippen LogP contribution is -2.27. The van der Waals surface area contributed by atoms with Gasteiger partial charge in [0.25, 0.3) is 0 Å². The first-order valence-electron chi connectivity index (χ1n) is 4.70. The number of nitrogens with one attached hydrogen (secondary N) is 1. The topological polar surface area (TPSA) is 12.0 Å². The van der Waals surface area contributed by atoms with E-state index in [1.54, 1.807) is 0 Å². The molecule has 0 aliphatic heterocycles. The summed E-state index contributed by atoms with van der Waals surface area (Å²) in [4.78, 5) is 0. The maximum atomic E-state index is 13.3. The van der Waals surface area contributed by atoms with Gasteiger partial charge in [-0.1, -0.05) is 24.3 Å². The molecule has 70 valence electrons. The quantitative estimate of drug-likeness (QED) is 0.697. The number of benzene rings is 1. The smallest absolute Gasteiger partial charge is 0.106 e. The van der Waals surface area contributed by atoms with Gasteiger partial charge in [0.05, 0.1) is 0 Å². The molecule has 0 bridgehead atoms. The maximum absolute atomic E-state index is 13.3. The summed E-state index contributed by atoms with van der Waals surface area (Å²) < 4.78 is 13.3. The average molecular weight is 179 g/mol.